The minimum absolute atomic E-state index is 0.0129. The van der Waals surface area contributed by atoms with Crippen LogP contribution in [-0.4, -0.2) is 24.6 Å². The average molecular weight is 133 g/mol. The highest BCUT2D eigenvalue weighted by Gasteiger charge is 1.95. The van der Waals surface area contributed by atoms with Crippen molar-refractivity contribution in [2.24, 2.45) is 10.8 Å². The molecular weight excluding hydrogens is 126 g/mol. The first kappa shape index (κ1) is 7.83. The van der Waals surface area contributed by atoms with E-state index in [0.717, 1.165) is 0 Å². The van der Waals surface area contributed by atoms with Crippen molar-refractivity contribution in [3.8, 4) is 0 Å². The van der Waals surface area contributed by atoms with Gasteiger partial charge in [-0.1, -0.05) is 0 Å². The molecule has 0 aliphatic carbocycles. The number of ether oxygens (including phenoxy) is 1. The maximum atomic E-state index is 9.57. The summed E-state index contributed by atoms with van der Waals surface area (Å²) in [5.74, 6) is -0.137. The van der Waals surface area contributed by atoms with Gasteiger partial charge in [-0.2, -0.15) is 0 Å². The Hall–Kier alpha value is -1.17. The fraction of sp³-hybridized carbons (Fsp3) is 0.667. The number of methoxy groups -OCH3 is 1. The van der Waals surface area contributed by atoms with Gasteiger partial charge >= 0.3 is 0 Å². The molecule has 0 bridgehead atoms. The molecule has 9 heavy (non-hydrogen) atoms. The minimum Gasteiger partial charge on any atom is -0.380 e. The molecular formula is C3H7N3O3. The van der Waals surface area contributed by atoms with Crippen molar-refractivity contribution in [3.63, 3.8) is 0 Å². The number of nitrogens with zero attached hydrogens (tertiary/aromatic N) is 2. The van der Waals surface area contributed by atoms with Crippen LogP contribution in [0.3, 0.4) is 0 Å². The van der Waals surface area contributed by atoms with Gasteiger partial charge < -0.3 is 10.5 Å². The van der Waals surface area contributed by atoms with Crippen molar-refractivity contribution in [1.82, 2.24) is 0 Å². The van der Waals surface area contributed by atoms with E-state index in [9.17, 15) is 10.1 Å². The van der Waals surface area contributed by atoms with E-state index < -0.39 is 5.03 Å². The van der Waals surface area contributed by atoms with Gasteiger partial charge in [0.1, 0.15) is 6.61 Å². The van der Waals surface area contributed by atoms with E-state index in [1.54, 1.807) is 0 Å². The molecule has 0 saturated carbocycles. The van der Waals surface area contributed by atoms with Crippen LogP contribution in [0.15, 0.2) is 5.10 Å². The molecule has 6 heteroatoms. The second kappa shape index (κ2) is 3.79. The second-order valence-electron chi connectivity index (χ2n) is 1.26. The van der Waals surface area contributed by atoms with E-state index in [1.807, 2.05) is 0 Å². The zero-order chi connectivity index (χ0) is 7.28. The van der Waals surface area contributed by atoms with Crippen LogP contribution < -0.4 is 5.73 Å². The maximum absolute atomic E-state index is 9.57. The molecule has 0 saturated heterocycles. The van der Waals surface area contributed by atoms with Crippen LogP contribution in [0.5, 0.6) is 0 Å². The van der Waals surface area contributed by atoms with E-state index >= 15 is 0 Å². The highest BCUT2D eigenvalue weighted by atomic mass is 16.7. The van der Waals surface area contributed by atoms with Crippen molar-refractivity contribution in [2.75, 3.05) is 13.7 Å². The normalized spacial score (nSPS) is 11.4. The van der Waals surface area contributed by atoms with Gasteiger partial charge in [0.25, 0.3) is 0 Å². The maximum Gasteiger partial charge on any atom is 0.200 e. The number of rotatable bonds is 3. The summed E-state index contributed by atoms with van der Waals surface area (Å²) in [6.45, 7) is -0.0129. The summed E-state index contributed by atoms with van der Waals surface area (Å²) in [5.41, 5.74) is 4.97. The molecule has 0 fully saturated rings. The van der Waals surface area contributed by atoms with Crippen molar-refractivity contribution in [2.45, 2.75) is 0 Å². The first-order valence-electron chi connectivity index (χ1n) is 2.13. The molecule has 0 amide bonds. The highest BCUT2D eigenvalue weighted by Crippen LogP contribution is 1.72. The van der Waals surface area contributed by atoms with Gasteiger partial charge in [0, 0.05) is 7.11 Å². The number of hydrogen-bond donors (Lipinski definition) is 1. The second-order valence-corrected chi connectivity index (χ2v) is 1.26. The number of hydrazone groups is 1. The van der Waals surface area contributed by atoms with Crippen molar-refractivity contribution in [1.29, 1.82) is 0 Å². The van der Waals surface area contributed by atoms with Gasteiger partial charge in [-0.25, -0.2) is 10.1 Å². The fourth-order valence-corrected chi connectivity index (χ4v) is 0.282. The van der Waals surface area contributed by atoms with Crippen molar-refractivity contribution < 1.29 is 9.77 Å². The Morgan fingerprint density at radius 2 is 2.56 bits per heavy atom. The predicted molar refractivity (Wildman–Crippen MR) is 30.5 cm³/mol. The molecule has 0 aromatic rings. The lowest BCUT2D eigenvalue weighted by atomic mass is 10.7. The zero-order valence-corrected chi connectivity index (χ0v) is 4.90. The van der Waals surface area contributed by atoms with Crippen LogP contribution in [0.2, 0.25) is 0 Å². The van der Waals surface area contributed by atoms with E-state index in [-0.39, 0.29) is 12.4 Å². The molecule has 0 aliphatic rings. The van der Waals surface area contributed by atoms with Gasteiger partial charge in [-0.3, -0.25) is 0 Å². The minimum atomic E-state index is -0.867. The molecule has 0 aliphatic heterocycles. The third-order valence-corrected chi connectivity index (χ3v) is 0.502. The lowest BCUT2D eigenvalue weighted by molar-refractivity contribution is -0.485. The van der Waals surface area contributed by atoms with Gasteiger partial charge in [-0.15, -0.1) is 0 Å². The summed E-state index contributed by atoms with van der Waals surface area (Å²) < 4.78 is 4.44. The molecule has 52 valence electrons. The van der Waals surface area contributed by atoms with E-state index in [2.05, 4.69) is 9.84 Å². The summed E-state index contributed by atoms with van der Waals surface area (Å²) in [5, 5.41) is 11.5. The lowest BCUT2D eigenvalue weighted by Crippen LogP contribution is -2.19. The van der Waals surface area contributed by atoms with Crippen LogP contribution >= 0.6 is 0 Å². The Bertz CT molecular complexity index is 132. The largest absolute Gasteiger partial charge is 0.380 e. The molecule has 0 aromatic carbocycles. The standard InChI is InChI=1S/C3H7N3O3/c1-9-2-3(4)5-6(7)8/h2H2,1H3,(H2,4,5). The average Bonchev–Trinajstić information content (AvgIpc) is 1.63. The van der Waals surface area contributed by atoms with Gasteiger partial charge in [0.2, 0.25) is 0 Å². The number of amidine groups is 1. The third kappa shape index (κ3) is 4.69. The summed E-state index contributed by atoms with van der Waals surface area (Å²) >= 11 is 0. The van der Waals surface area contributed by atoms with Crippen LogP contribution in [0.1, 0.15) is 0 Å². The molecule has 0 rings (SSSR count). The van der Waals surface area contributed by atoms with Crippen LogP contribution in [-0.2, 0) is 4.74 Å². The summed E-state index contributed by atoms with van der Waals surface area (Å²) in [6, 6.07) is 0. The quantitative estimate of drug-likeness (QED) is 0.236. The monoisotopic (exact) mass is 133 g/mol. The Kier molecular flexibility index (Phi) is 3.29. The molecule has 0 aromatic heterocycles. The first-order valence-corrected chi connectivity index (χ1v) is 2.13. The van der Waals surface area contributed by atoms with Gasteiger partial charge in [0.05, 0.1) is 5.10 Å². The Labute approximate surface area is 51.4 Å². The summed E-state index contributed by atoms with van der Waals surface area (Å²) in [7, 11) is 1.38. The van der Waals surface area contributed by atoms with Gasteiger partial charge in [0.15, 0.2) is 10.9 Å². The van der Waals surface area contributed by atoms with E-state index in [0.29, 0.717) is 0 Å². The SMILES string of the molecule is COC/C(N)=N/[N+](=O)[O-]. The molecule has 6 nitrogen and oxygen atoms in total. The van der Waals surface area contributed by atoms with Crippen LogP contribution in [0.4, 0.5) is 0 Å². The molecule has 0 atom stereocenters. The Balaban J connectivity index is 3.69. The topological polar surface area (TPSA) is 90.8 Å². The third-order valence-electron chi connectivity index (χ3n) is 0.502. The fourth-order valence-electron chi connectivity index (χ4n) is 0.282. The zero-order valence-electron chi connectivity index (χ0n) is 4.90. The van der Waals surface area contributed by atoms with Crippen LogP contribution in [0, 0.1) is 10.1 Å². The highest BCUT2D eigenvalue weighted by molar-refractivity contribution is 5.80. The Morgan fingerprint density at radius 3 is 2.89 bits per heavy atom. The molecule has 0 unspecified atom stereocenters. The molecule has 2 N–H and O–H groups in total. The molecule has 0 spiro atoms. The molecule has 0 radical (unpaired) electrons. The van der Waals surface area contributed by atoms with Crippen molar-refractivity contribution in [3.05, 3.63) is 10.1 Å². The summed E-state index contributed by atoms with van der Waals surface area (Å²) in [6.07, 6.45) is 0. The lowest BCUT2D eigenvalue weighted by Gasteiger charge is -1.89. The molecule has 0 heterocycles. The number of hydrogen-bond acceptors (Lipinski definition) is 3. The van der Waals surface area contributed by atoms with E-state index in [1.165, 1.54) is 7.11 Å². The number of nitrogens with two attached hydrogens (primary N) is 1. The van der Waals surface area contributed by atoms with E-state index in [4.69, 9.17) is 5.73 Å². The van der Waals surface area contributed by atoms with Crippen LogP contribution in [0.25, 0.3) is 0 Å². The summed E-state index contributed by atoms with van der Waals surface area (Å²) in [4.78, 5) is 9.57. The number of nitro groups is 1. The Morgan fingerprint density at radius 1 is 2.00 bits per heavy atom. The van der Waals surface area contributed by atoms with Gasteiger partial charge in [-0.05, 0) is 0 Å². The predicted octanol–water partition coefficient (Wildman–Crippen LogP) is -0.818. The van der Waals surface area contributed by atoms with Crippen molar-refractivity contribution >= 4 is 5.84 Å². The smallest absolute Gasteiger partial charge is 0.200 e. The first-order chi connectivity index (χ1) is 4.16.